The summed E-state index contributed by atoms with van der Waals surface area (Å²) in [4.78, 5) is 21.9. The topological polar surface area (TPSA) is 77.7 Å². The smallest absolute Gasteiger partial charge is 0.337 e. The van der Waals surface area contributed by atoms with Crippen LogP contribution in [0.4, 0.5) is 18.9 Å². The van der Waals surface area contributed by atoms with Gasteiger partial charge in [-0.1, -0.05) is 6.92 Å². The van der Waals surface area contributed by atoms with Gasteiger partial charge in [-0.3, -0.25) is 9.89 Å². The summed E-state index contributed by atoms with van der Waals surface area (Å²) in [6, 6.07) is 4.59. The number of fused-ring (bicyclic) bond motifs is 2. The van der Waals surface area contributed by atoms with Gasteiger partial charge >= 0.3 is 6.18 Å². The number of amides is 1. The SMILES string of the molecule is CCCN1C(=O)C(C)(C)c2cc3[nH]c(-c4cc(C(F)(F)F)n[nH]4)nc3cc21. The molecule has 1 aromatic carbocycles. The minimum absolute atomic E-state index is 0.0376. The molecule has 9 heteroatoms. The van der Waals surface area contributed by atoms with E-state index in [1.165, 1.54) is 0 Å². The van der Waals surface area contributed by atoms with Crippen LogP contribution < -0.4 is 4.90 Å². The van der Waals surface area contributed by atoms with E-state index in [4.69, 9.17) is 0 Å². The van der Waals surface area contributed by atoms with Crippen molar-refractivity contribution in [3.05, 3.63) is 29.5 Å². The fourth-order valence-electron chi connectivity index (χ4n) is 3.49. The molecule has 0 unspecified atom stereocenters. The first-order valence-electron chi connectivity index (χ1n) is 8.62. The number of halogens is 3. The molecule has 0 saturated carbocycles. The number of aromatic nitrogens is 4. The summed E-state index contributed by atoms with van der Waals surface area (Å²) in [6.45, 7) is 6.35. The first-order valence-corrected chi connectivity index (χ1v) is 8.62. The average Bonchev–Trinajstić information content (AvgIpc) is 3.26. The Kier molecular flexibility index (Phi) is 3.63. The van der Waals surface area contributed by atoms with Crippen LogP contribution in [0.15, 0.2) is 18.2 Å². The highest BCUT2D eigenvalue weighted by Gasteiger charge is 2.44. The number of aromatic amines is 2. The van der Waals surface area contributed by atoms with Crippen molar-refractivity contribution < 1.29 is 18.0 Å². The van der Waals surface area contributed by atoms with Crippen LogP contribution in [0, 0.1) is 0 Å². The molecule has 0 atom stereocenters. The Morgan fingerprint density at radius 3 is 2.59 bits per heavy atom. The zero-order valence-corrected chi connectivity index (χ0v) is 15.0. The van der Waals surface area contributed by atoms with E-state index in [2.05, 4.69) is 20.2 Å². The Balaban J connectivity index is 1.81. The predicted molar refractivity (Wildman–Crippen MR) is 94.3 cm³/mol. The Labute approximate surface area is 152 Å². The number of benzene rings is 1. The number of carbonyl (C=O) groups excluding carboxylic acids is 1. The molecule has 1 aliphatic heterocycles. The van der Waals surface area contributed by atoms with E-state index in [1.54, 1.807) is 4.90 Å². The highest BCUT2D eigenvalue weighted by Crippen LogP contribution is 2.43. The monoisotopic (exact) mass is 377 g/mol. The maximum Gasteiger partial charge on any atom is 0.435 e. The number of nitrogens with one attached hydrogen (secondary N) is 2. The summed E-state index contributed by atoms with van der Waals surface area (Å²) in [5.74, 6) is 0.304. The van der Waals surface area contributed by atoms with E-state index in [-0.39, 0.29) is 17.4 Å². The summed E-state index contributed by atoms with van der Waals surface area (Å²) in [6.07, 6.45) is -3.70. The molecule has 0 saturated heterocycles. The Bertz CT molecular complexity index is 1050. The predicted octanol–water partition coefficient (Wildman–Crippen LogP) is 4.01. The second-order valence-corrected chi connectivity index (χ2v) is 7.22. The maximum atomic E-state index is 12.8. The number of imidazole rings is 1. The van der Waals surface area contributed by atoms with Crippen molar-refractivity contribution in [3.63, 3.8) is 0 Å². The molecule has 4 rings (SSSR count). The zero-order chi connectivity index (χ0) is 19.6. The van der Waals surface area contributed by atoms with Crippen LogP contribution in [-0.2, 0) is 16.4 Å². The molecule has 0 fully saturated rings. The van der Waals surface area contributed by atoms with Gasteiger partial charge in [-0.25, -0.2) is 4.98 Å². The summed E-state index contributed by atoms with van der Waals surface area (Å²) in [5.41, 5.74) is 1.41. The van der Waals surface area contributed by atoms with Gasteiger partial charge in [-0.15, -0.1) is 0 Å². The number of alkyl halides is 3. The van der Waals surface area contributed by atoms with E-state index in [0.717, 1.165) is 23.7 Å². The molecule has 1 amide bonds. The summed E-state index contributed by atoms with van der Waals surface area (Å²) in [7, 11) is 0. The van der Waals surface area contributed by atoms with Crippen LogP contribution in [0.3, 0.4) is 0 Å². The lowest BCUT2D eigenvalue weighted by molar-refractivity contribution is -0.141. The largest absolute Gasteiger partial charge is 0.435 e. The molecule has 2 N–H and O–H groups in total. The summed E-state index contributed by atoms with van der Waals surface area (Å²) < 4.78 is 38.3. The van der Waals surface area contributed by atoms with E-state index in [9.17, 15) is 18.0 Å². The van der Waals surface area contributed by atoms with Crippen molar-refractivity contribution in [2.75, 3.05) is 11.4 Å². The molecular formula is C18H18F3N5O. The third-order valence-electron chi connectivity index (χ3n) is 4.91. The zero-order valence-electron chi connectivity index (χ0n) is 15.0. The Morgan fingerprint density at radius 2 is 1.96 bits per heavy atom. The van der Waals surface area contributed by atoms with Gasteiger partial charge < -0.3 is 9.88 Å². The molecule has 0 aliphatic carbocycles. The fourth-order valence-corrected chi connectivity index (χ4v) is 3.49. The van der Waals surface area contributed by atoms with Gasteiger partial charge in [0.1, 0.15) is 5.69 Å². The standard InChI is InChI=1S/C18H18F3N5O/c1-4-5-26-13-7-11-10(6-9(13)17(2,3)16(26)27)22-15(23-11)12-8-14(25-24-12)18(19,20)21/h6-8H,4-5H2,1-3H3,(H,22,23)(H,24,25). The third kappa shape index (κ3) is 2.60. The molecule has 0 bridgehead atoms. The normalized spacial score (nSPS) is 16.4. The molecule has 142 valence electrons. The van der Waals surface area contributed by atoms with E-state index in [0.29, 0.717) is 17.6 Å². The van der Waals surface area contributed by atoms with Gasteiger partial charge in [-0.05, 0) is 44.0 Å². The highest BCUT2D eigenvalue weighted by molar-refractivity contribution is 6.09. The van der Waals surface area contributed by atoms with Gasteiger partial charge in [-0.2, -0.15) is 18.3 Å². The van der Waals surface area contributed by atoms with Gasteiger partial charge in [0.05, 0.1) is 22.1 Å². The highest BCUT2D eigenvalue weighted by atomic mass is 19.4. The molecule has 0 spiro atoms. The number of carbonyl (C=O) groups is 1. The van der Waals surface area contributed by atoms with Crippen molar-refractivity contribution in [3.8, 4) is 11.5 Å². The number of anilines is 1. The number of rotatable bonds is 3. The van der Waals surface area contributed by atoms with Crippen LogP contribution in [0.2, 0.25) is 0 Å². The Morgan fingerprint density at radius 1 is 1.22 bits per heavy atom. The third-order valence-corrected chi connectivity index (χ3v) is 4.91. The molecule has 3 aromatic rings. The quantitative estimate of drug-likeness (QED) is 0.724. The number of hydrogen-bond acceptors (Lipinski definition) is 3. The van der Waals surface area contributed by atoms with Crippen LogP contribution >= 0.6 is 0 Å². The molecule has 0 radical (unpaired) electrons. The van der Waals surface area contributed by atoms with Gasteiger partial charge in [0.25, 0.3) is 0 Å². The molecule has 1 aliphatic rings. The van der Waals surface area contributed by atoms with Crippen molar-refractivity contribution in [1.29, 1.82) is 0 Å². The van der Waals surface area contributed by atoms with Gasteiger partial charge in [0.2, 0.25) is 5.91 Å². The lowest BCUT2D eigenvalue weighted by Crippen LogP contribution is -2.36. The minimum atomic E-state index is -4.52. The number of H-pyrrole nitrogens is 2. The molecule has 6 nitrogen and oxygen atoms in total. The molecule has 3 heterocycles. The summed E-state index contributed by atoms with van der Waals surface area (Å²) >= 11 is 0. The lowest BCUT2D eigenvalue weighted by Gasteiger charge is -2.19. The van der Waals surface area contributed by atoms with E-state index in [1.807, 2.05) is 32.9 Å². The molecule has 27 heavy (non-hydrogen) atoms. The van der Waals surface area contributed by atoms with Crippen LogP contribution in [0.5, 0.6) is 0 Å². The van der Waals surface area contributed by atoms with Crippen molar-refractivity contribution in [2.45, 2.75) is 38.8 Å². The van der Waals surface area contributed by atoms with E-state index < -0.39 is 17.3 Å². The van der Waals surface area contributed by atoms with Crippen LogP contribution in [0.1, 0.15) is 38.4 Å². The second kappa shape index (κ2) is 5.58. The maximum absolute atomic E-state index is 12.8. The minimum Gasteiger partial charge on any atom is -0.337 e. The van der Waals surface area contributed by atoms with Crippen LogP contribution in [0.25, 0.3) is 22.6 Å². The first kappa shape index (κ1) is 17.6. The van der Waals surface area contributed by atoms with Crippen molar-refractivity contribution >= 4 is 22.6 Å². The van der Waals surface area contributed by atoms with Crippen LogP contribution in [-0.4, -0.2) is 32.6 Å². The average molecular weight is 377 g/mol. The number of hydrogen-bond donors (Lipinski definition) is 2. The first-order chi connectivity index (χ1) is 12.6. The lowest BCUT2D eigenvalue weighted by atomic mass is 9.86. The summed E-state index contributed by atoms with van der Waals surface area (Å²) in [5, 5.41) is 5.67. The molecule has 2 aromatic heterocycles. The second-order valence-electron chi connectivity index (χ2n) is 7.22. The van der Waals surface area contributed by atoms with Crippen molar-refractivity contribution in [1.82, 2.24) is 20.2 Å². The van der Waals surface area contributed by atoms with Gasteiger partial charge in [0.15, 0.2) is 11.5 Å². The van der Waals surface area contributed by atoms with Gasteiger partial charge in [0, 0.05) is 6.54 Å². The molecular weight excluding hydrogens is 359 g/mol. The Hall–Kier alpha value is -2.84. The number of nitrogens with zero attached hydrogens (tertiary/aromatic N) is 3. The van der Waals surface area contributed by atoms with Crippen molar-refractivity contribution in [2.24, 2.45) is 0 Å². The van der Waals surface area contributed by atoms with E-state index >= 15 is 0 Å². The fraction of sp³-hybridized carbons (Fsp3) is 0.389.